The lowest BCUT2D eigenvalue weighted by Crippen LogP contribution is -2.32. The molecule has 3 aromatic rings. The van der Waals surface area contributed by atoms with Crippen molar-refractivity contribution in [2.75, 3.05) is 13.7 Å². The molecule has 1 aliphatic rings. The molecule has 0 saturated carbocycles. The number of esters is 2. The third-order valence-corrected chi connectivity index (χ3v) is 6.30. The number of benzene rings is 2. The van der Waals surface area contributed by atoms with E-state index in [9.17, 15) is 19.7 Å². The highest BCUT2D eigenvalue weighted by Crippen LogP contribution is 2.40. The molecule has 0 amide bonds. The van der Waals surface area contributed by atoms with Crippen LogP contribution in [0.4, 0.5) is 5.69 Å². The molecule has 0 fully saturated rings. The van der Waals surface area contributed by atoms with Crippen molar-refractivity contribution >= 4 is 23.7 Å². The zero-order valence-corrected chi connectivity index (χ0v) is 21.8. The van der Waals surface area contributed by atoms with Gasteiger partial charge in [-0.3, -0.25) is 10.1 Å². The minimum atomic E-state index is -0.907. The number of dihydropyridines is 1. The van der Waals surface area contributed by atoms with Gasteiger partial charge in [-0.15, -0.1) is 0 Å². The van der Waals surface area contributed by atoms with Crippen LogP contribution in [0.2, 0.25) is 0 Å². The van der Waals surface area contributed by atoms with Gasteiger partial charge < -0.3 is 19.4 Å². The van der Waals surface area contributed by atoms with Crippen molar-refractivity contribution in [1.29, 1.82) is 0 Å². The minimum Gasteiger partial charge on any atom is -0.466 e. The van der Waals surface area contributed by atoms with Crippen LogP contribution in [0.15, 0.2) is 95.9 Å². The summed E-state index contributed by atoms with van der Waals surface area (Å²) in [6.45, 7) is 4.05. The lowest BCUT2D eigenvalue weighted by Gasteiger charge is -2.30. The highest BCUT2D eigenvalue weighted by molar-refractivity contribution is 6.00. The first-order valence-electron chi connectivity index (χ1n) is 12.2. The number of hydrogen-bond acceptors (Lipinski definition) is 8. The van der Waals surface area contributed by atoms with Gasteiger partial charge in [0.1, 0.15) is 6.61 Å². The molecule has 2 heterocycles. The van der Waals surface area contributed by atoms with Crippen molar-refractivity contribution in [2.24, 2.45) is 0 Å². The summed E-state index contributed by atoms with van der Waals surface area (Å²) in [5.41, 5.74) is 3.62. The van der Waals surface area contributed by atoms with Crippen LogP contribution in [0.3, 0.4) is 0 Å². The van der Waals surface area contributed by atoms with Crippen molar-refractivity contribution in [3.8, 4) is 0 Å². The van der Waals surface area contributed by atoms with Crippen LogP contribution in [-0.4, -0.2) is 40.1 Å². The minimum absolute atomic E-state index is 0.0146. The molecule has 0 spiro atoms. The number of methoxy groups -OCH3 is 1. The van der Waals surface area contributed by atoms with Gasteiger partial charge in [0.2, 0.25) is 0 Å². The molecule has 1 aromatic heterocycles. The first kappa shape index (κ1) is 27.1. The van der Waals surface area contributed by atoms with Gasteiger partial charge in [0.25, 0.3) is 5.69 Å². The maximum absolute atomic E-state index is 13.3. The maximum Gasteiger partial charge on any atom is 0.337 e. The molecule has 39 heavy (non-hydrogen) atoms. The van der Waals surface area contributed by atoms with E-state index in [-0.39, 0.29) is 23.4 Å². The molecule has 10 heteroatoms. The van der Waals surface area contributed by atoms with Crippen molar-refractivity contribution in [1.82, 2.24) is 14.9 Å². The van der Waals surface area contributed by atoms with Crippen LogP contribution >= 0.6 is 0 Å². The Hall–Kier alpha value is -4.99. The summed E-state index contributed by atoms with van der Waals surface area (Å²) in [5, 5.41) is 14.5. The Morgan fingerprint density at radius 1 is 1.10 bits per heavy atom. The number of nitrogens with zero attached hydrogens (tertiary/aromatic N) is 3. The van der Waals surface area contributed by atoms with E-state index in [0.717, 1.165) is 11.1 Å². The third-order valence-electron chi connectivity index (χ3n) is 6.30. The Balaban J connectivity index is 1.54. The summed E-state index contributed by atoms with van der Waals surface area (Å²) in [6.07, 6.45) is 8.95. The second-order valence-electron chi connectivity index (χ2n) is 8.96. The Morgan fingerprint density at radius 2 is 1.85 bits per heavy atom. The third kappa shape index (κ3) is 6.30. The van der Waals surface area contributed by atoms with E-state index in [0.29, 0.717) is 23.5 Å². The van der Waals surface area contributed by atoms with Crippen molar-refractivity contribution in [2.45, 2.75) is 26.3 Å². The Morgan fingerprint density at radius 3 is 2.54 bits per heavy atom. The number of nitro benzene ring substituents is 1. The molecule has 0 bridgehead atoms. The number of nitrogens with one attached hydrogen (secondary N) is 1. The molecule has 1 aliphatic heterocycles. The van der Waals surface area contributed by atoms with Crippen LogP contribution in [0.1, 0.15) is 36.5 Å². The SMILES string of the molecule is COC(=O)C1=C(C)NC(C)=C(C(=O)OCC=Cc2cccc(Cn3ccnc3)c2)C1c1cccc([N+](=O)[O-])c1. The van der Waals surface area contributed by atoms with E-state index in [1.165, 1.54) is 25.3 Å². The Kier molecular flexibility index (Phi) is 8.35. The predicted molar refractivity (Wildman–Crippen MR) is 144 cm³/mol. The van der Waals surface area contributed by atoms with Gasteiger partial charge in [0.05, 0.1) is 35.4 Å². The van der Waals surface area contributed by atoms with E-state index in [1.54, 1.807) is 38.5 Å². The highest BCUT2D eigenvalue weighted by Gasteiger charge is 2.38. The van der Waals surface area contributed by atoms with E-state index in [2.05, 4.69) is 10.3 Å². The second-order valence-corrected chi connectivity index (χ2v) is 8.96. The van der Waals surface area contributed by atoms with Crippen molar-refractivity contribution < 1.29 is 24.0 Å². The first-order chi connectivity index (χ1) is 18.8. The quantitative estimate of drug-likeness (QED) is 0.244. The molecular weight excluding hydrogens is 500 g/mol. The first-order valence-corrected chi connectivity index (χ1v) is 12.2. The van der Waals surface area contributed by atoms with E-state index >= 15 is 0 Å². The summed E-state index contributed by atoms with van der Waals surface area (Å²) < 4.78 is 12.5. The standard InChI is InChI=1S/C29H28N4O6/c1-19-25(28(34)38-3)27(23-10-5-11-24(16-23)33(36)37)26(20(2)31-19)29(35)39-14-6-9-21-7-4-8-22(15-21)17-32-13-12-30-18-32/h4-13,15-16,18,27,31H,14,17H2,1-3H3. The summed E-state index contributed by atoms with van der Waals surface area (Å²) in [7, 11) is 1.24. The molecule has 1 N–H and O–H groups in total. The molecule has 1 unspecified atom stereocenters. The number of ether oxygens (including phenoxy) is 2. The number of nitro groups is 1. The van der Waals surface area contributed by atoms with Crippen LogP contribution in [0.25, 0.3) is 6.08 Å². The molecule has 10 nitrogen and oxygen atoms in total. The molecule has 0 aliphatic carbocycles. The second kappa shape index (κ2) is 12.0. The number of non-ortho nitro benzene ring substituents is 1. The Labute approximate surface area is 225 Å². The van der Waals surface area contributed by atoms with Gasteiger partial charge in [-0.2, -0.15) is 0 Å². The number of carbonyl (C=O) groups is 2. The molecule has 4 rings (SSSR count). The van der Waals surface area contributed by atoms with Gasteiger partial charge in [0.15, 0.2) is 0 Å². The molecule has 2 aromatic carbocycles. The fourth-order valence-electron chi connectivity index (χ4n) is 4.57. The average Bonchev–Trinajstić information content (AvgIpc) is 3.43. The number of hydrogen-bond donors (Lipinski definition) is 1. The predicted octanol–water partition coefficient (Wildman–Crippen LogP) is 4.50. The lowest BCUT2D eigenvalue weighted by atomic mass is 9.80. The van der Waals surface area contributed by atoms with Crippen LogP contribution in [-0.2, 0) is 25.6 Å². The molecular formula is C29H28N4O6. The fraction of sp³-hybridized carbons (Fsp3) is 0.207. The molecule has 200 valence electrons. The number of aromatic nitrogens is 2. The summed E-state index contributed by atoms with van der Waals surface area (Å²) in [5.74, 6) is -2.20. The largest absolute Gasteiger partial charge is 0.466 e. The van der Waals surface area contributed by atoms with Crippen molar-refractivity contribution in [3.05, 3.63) is 123 Å². The van der Waals surface area contributed by atoms with E-state index in [4.69, 9.17) is 9.47 Å². The van der Waals surface area contributed by atoms with Crippen molar-refractivity contribution in [3.63, 3.8) is 0 Å². The topological polar surface area (TPSA) is 126 Å². The van der Waals surface area contributed by atoms with Crippen LogP contribution in [0.5, 0.6) is 0 Å². The number of carbonyl (C=O) groups excluding carboxylic acids is 2. The normalized spacial score (nSPS) is 15.3. The summed E-state index contributed by atoms with van der Waals surface area (Å²) in [6, 6.07) is 13.8. The van der Waals surface area contributed by atoms with Crippen LogP contribution < -0.4 is 5.32 Å². The van der Waals surface area contributed by atoms with Gasteiger partial charge >= 0.3 is 11.9 Å². The number of allylic oxidation sites excluding steroid dienone is 2. The zero-order valence-electron chi connectivity index (χ0n) is 21.8. The molecule has 0 saturated heterocycles. The number of rotatable bonds is 9. The molecule has 0 radical (unpaired) electrons. The highest BCUT2D eigenvalue weighted by atomic mass is 16.6. The van der Waals surface area contributed by atoms with Crippen LogP contribution in [0, 0.1) is 10.1 Å². The maximum atomic E-state index is 13.3. The zero-order chi connectivity index (χ0) is 27.9. The Bertz CT molecular complexity index is 1490. The van der Waals surface area contributed by atoms with E-state index in [1.807, 2.05) is 41.1 Å². The molecule has 1 atom stereocenters. The average molecular weight is 529 g/mol. The van der Waals surface area contributed by atoms with Gasteiger partial charge in [0, 0.05) is 42.5 Å². The van der Waals surface area contributed by atoms with Gasteiger partial charge in [-0.1, -0.05) is 36.4 Å². The summed E-state index contributed by atoms with van der Waals surface area (Å²) >= 11 is 0. The summed E-state index contributed by atoms with van der Waals surface area (Å²) in [4.78, 5) is 41.0. The fourth-order valence-corrected chi connectivity index (χ4v) is 4.57. The smallest absolute Gasteiger partial charge is 0.337 e. The van der Waals surface area contributed by atoms with E-state index < -0.39 is 22.8 Å². The lowest BCUT2D eigenvalue weighted by molar-refractivity contribution is -0.384. The van der Waals surface area contributed by atoms with Gasteiger partial charge in [-0.05, 0) is 42.7 Å². The number of imidazole rings is 1. The van der Waals surface area contributed by atoms with Gasteiger partial charge in [-0.25, -0.2) is 14.6 Å². The monoisotopic (exact) mass is 528 g/mol.